The molecule has 5 heteroatoms. The lowest BCUT2D eigenvalue weighted by Gasteiger charge is -2.23. The smallest absolute Gasteiger partial charge is 0.115 e. The highest BCUT2D eigenvalue weighted by molar-refractivity contribution is 5.59. The van der Waals surface area contributed by atoms with Crippen LogP contribution in [0.2, 0.25) is 0 Å². The van der Waals surface area contributed by atoms with Crippen molar-refractivity contribution in [2.45, 2.75) is 32.4 Å². The number of rotatable bonds is 5. The van der Waals surface area contributed by atoms with Crippen LogP contribution >= 0.6 is 0 Å². The molecule has 19 heavy (non-hydrogen) atoms. The molecular weight excluding hydrogens is 240 g/mol. The average molecular weight is 260 g/mol. The lowest BCUT2D eigenvalue weighted by Crippen LogP contribution is -2.44. The summed E-state index contributed by atoms with van der Waals surface area (Å²) in [5.41, 5.74) is 4.60. The number of benzene rings is 1. The summed E-state index contributed by atoms with van der Waals surface area (Å²) in [6.45, 7) is 4.97. The number of hydrogen-bond donors (Lipinski definition) is 3. The van der Waals surface area contributed by atoms with Crippen LogP contribution in [0.1, 0.15) is 20.3 Å². The molecule has 0 aliphatic heterocycles. The Morgan fingerprint density at radius 2 is 2.00 bits per heavy atom. The van der Waals surface area contributed by atoms with E-state index in [9.17, 15) is 5.11 Å². The van der Waals surface area contributed by atoms with Gasteiger partial charge in [-0.05, 0) is 44.5 Å². The van der Waals surface area contributed by atoms with E-state index in [1.807, 2.05) is 29.2 Å². The fourth-order valence-corrected chi connectivity index (χ4v) is 1.74. The number of aryl methyl sites for hydroxylation is 1. The van der Waals surface area contributed by atoms with Gasteiger partial charge in [0.2, 0.25) is 0 Å². The van der Waals surface area contributed by atoms with Crippen LogP contribution in [0.15, 0.2) is 36.8 Å². The molecule has 2 aromatic rings. The summed E-state index contributed by atoms with van der Waals surface area (Å²) in [6.07, 6.45) is 4.72. The second kappa shape index (κ2) is 5.42. The van der Waals surface area contributed by atoms with Gasteiger partial charge in [0.05, 0.1) is 12.0 Å². The van der Waals surface area contributed by atoms with Crippen molar-refractivity contribution in [2.75, 3.05) is 0 Å². The molecule has 4 N–H and O–H groups in total. The highest BCUT2D eigenvalue weighted by Gasteiger charge is 2.14. The molecule has 0 unspecified atom stereocenters. The van der Waals surface area contributed by atoms with Gasteiger partial charge in [-0.15, -0.1) is 0 Å². The molecule has 0 fully saturated rings. The minimum absolute atomic E-state index is 0.0943. The summed E-state index contributed by atoms with van der Waals surface area (Å²) >= 11 is 0. The fraction of sp³-hybridized carbons (Fsp3) is 0.357. The molecule has 0 saturated carbocycles. The maximum Gasteiger partial charge on any atom is 0.115 e. The van der Waals surface area contributed by atoms with Gasteiger partial charge in [0.25, 0.3) is 0 Å². The zero-order chi connectivity index (χ0) is 13.9. The lowest BCUT2D eigenvalue weighted by molar-refractivity contribution is 0.348. The third kappa shape index (κ3) is 3.56. The van der Waals surface area contributed by atoms with Gasteiger partial charge in [-0.1, -0.05) is 0 Å². The largest absolute Gasteiger partial charge is 0.508 e. The Hall–Kier alpha value is -1.85. The fourth-order valence-electron chi connectivity index (χ4n) is 1.74. The van der Waals surface area contributed by atoms with Crippen LogP contribution in [0.4, 0.5) is 0 Å². The molecule has 0 amide bonds. The number of hydrazine groups is 1. The number of phenols is 1. The number of nitrogens with one attached hydrogen (secondary N) is 1. The van der Waals surface area contributed by atoms with Gasteiger partial charge in [-0.2, -0.15) is 0 Å². The van der Waals surface area contributed by atoms with Crippen LogP contribution in [0.3, 0.4) is 0 Å². The topological polar surface area (TPSA) is 76.1 Å². The molecule has 0 atom stereocenters. The lowest BCUT2D eigenvalue weighted by atomic mass is 10.0. The molecule has 2 rings (SSSR count). The van der Waals surface area contributed by atoms with Crippen LogP contribution in [-0.4, -0.2) is 20.2 Å². The Morgan fingerprint density at radius 1 is 1.32 bits per heavy atom. The number of aromatic hydroxyl groups is 1. The molecule has 1 aromatic carbocycles. The van der Waals surface area contributed by atoms with Crippen molar-refractivity contribution in [3.05, 3.63) is 36.8 Å². The highest BCUT2D eigenvalue weighted by atomic mass is 16.3. The Morgan fingerprint density at radius 3 is 2.63 bits per heavy atom. The summed E-state index contributed by atoms with van der Waals surface area (Å²) in [6, 6.07) is 7.03. The van der Waals surface area contributed by atoms with Crippen molar-refractivity contribution < 1.29 is 5.11 Å². The molecule has 5 nitrogen and oxygen atoms in total. The minimum atomic E-state index is -0.0943. The summed E-state index contributed by atoms with van der Waals surface area (Å²) in [5.74, 6) is 5.75. The maximum absolute atomic E-state index is 9.27. The van der Waals surface area contributed by atoms with Gasteiger partial charge in [0.15, 0.2) is 0 Å². The Balaban J connectivity index is 2.05. The van der Waals surface area contributed by atoms with E-state index >= 15 is 0 Å². The predicted molar refractivity (Wildman–Crippen MR) is 75.3 cm³/mol. The average Bonchev–Trinajstić information content (AvgIpc) is 2.86. The second-order valence-electron chi connectivity index (χ2n) is 5.32. The number of aromatic nitrogens is 2. The summed E-state index contributed by atoms with van der Waals surface area (Å²) < 4.78 is 2.04. The van der Waals surface area contributed by atoms with Crippen molar-refractivity contribution in [1.82, 2.24) is 15.0 Å². The van der Waals surface area contributed by atoms with E-state index in [0.29, 0.717) is 0 Å². The highest BCUT2D eigenvalue weighted by Crippen LogP contribution is 2.20. The quantitative estimate of drug-likeness (QED) is 0.567. The van der Waals surface area contributed by atoms with Crippen LogP contribution in [0.25, 0.3) is 11.3 Å². The molecule has 102 valence electrons. The zero-order valence-electron chi connectivity index (χ0n) is 11.3. The van der Waals surface area contributed by atoms with Gasteiger partial charge >= 0.3 is 0 Å². The number of imidazole rings is 1. The Labute approximate surface area is 113 Å². The third-order valence-electron chi connectivity index (χ3n) is 3.18. The van der Waals surface area contributed by atoms with Gasteiger partial charge in [0.1, 0.15) is 5.75 Å². The first-order chi connectivity index (χ1) is 9.00. The first-order valence-corrected chi connectivity index (χ1v) is 6.29. The van der Waals surface area contributed by atoms with E-state index in [0.717, 1.165) is 24.2 Å². The first kappa shape index (κ1) is 13.6. The van der Waals surface area contributed by atoms with Gasteiger partial charge in [-0.3, -0.25) is 11.3 Å². The van der Waals surface area contributed by atoms with Crippen molar-refractivity contribution in [3.8, 4) is 17.0 Å². The molecule has 0 aliphatic rings. The number of hydrogen-bond acceptors (Lipinski definition) is 4. The molecule has 1 aromatic heterocycles. The van der Waals surface area contributed by atoms with Crippen molar-refractivity contribution in [3.63, 3.8) is 0 Å². The van der Waals surface area contributed by atoms with Crippen LogP contribution < -0.4 is 11.3 Å². The molecular formula is C14H20N4O. The number of nitrogens with two attached hydrogens (primary N) is 1. The Bertz CT molecular complexity index is 531. The standard InChI is InChI=1S/C14H20N4O/c1-14(2,17-15)7-8-18-9-13(16-10-18)11-3-5-12(19)6-4-11/h3-6,9-10,17,19H,7-8,15H2,1-2H3. The Kier molecular flexibility index (Phi) is 3.87. The van der Waals surface area contributed by atoms with E-state index in [4.69, 9.17) is 5.84 Å². The normalized spacial score (nSPS) is 11.7. The van der Waals surface area contributed by atoms with Gasteiger partial charge in [0, 0.05) is 23.8 Å². The zero-order valence-corrected chi connectivity index (χ0v) is 11.3. The molecule has 0 saturated heterocycles. The second-order valence-corrected chi connectivity index (χ2v) is 5.32. The molecule has 0 bridgehead atoms. The van der Waals surface area contributed by atoms with Crippen molar-refractivity contribution in [2.24, 2.45) is 5.84 Å². The first-order valence-electron chi connectivity index (χ1n) is 6.29. The van der Waals surface area contributed by atoms with E-state index in [1.165, 1.54) is 0 Å². The molecule has 0 spiro atoms. The van der Waals surface area contributed by atoms with E-state index < -0.39 is 0 Å². The number of phenolic OH excluding ortho intramolecular Hbond substituents is 1. The van der Waals surface area contributed by atoms with Gasteiger partial charge in [-0.25, -0.2) is 4.98 Å². The van der Waals surface area contributed by atoms with Crippen LogP contribution in [0, 0.1) is 0 Å². The van der Waals surface area contributed by atoms with E-state index in [1.54, 1.807) is 12.1 Å². The monoisotopic (exact) mass is 260 g/mol. The van der Waals surface area contributed by atoms with Crippen molar-refractivity contribution in [1.29, 1.82) is 0 Å². The van der Waals surface area contributed by atoms with E-state index in [2.05, 4.69) is 24.3 Å². The number of nitrogens with zero attached hydrogens (tertiary/aromatic N) is 2. The molecule has 0 aliphatic carbocycles. The van der Waals surface area contributed by atoms with Crippen LogP contribution in [0.5, 0.6) is 5.75 Å². The maximum atomic E-state index is 9.27. The summed E-state index contributed by atoms with van der Waals surface area (Å²) in [5, 5.41) is 9.27. The summed E-state index contributed by atoms with van der Waals surface area (Å²) in [4.78, 5) is 4.37. The predicted octanol–water partition coefficient (Wildman–Crippen LogP) is 1.89. The van der Waals surface area contributed by atoms with Crippen LogP contribution in [-0.2, 0) is 6.54 Å². The SMILES string of the molecule is CC(C)(CCn1cnc(-c2ccc(O)cc2)c1)NN. The van der Waals surface area contributed by atoms with Gasteiger partial charge < -0.3 is 9.67 Å². The van der Waals surface area contributed by atoms with Crippen molar-refractivity contribution >= 4 is 0 Å². The molecule has 1 heterocycles. The molecule has 0 radical (unpaired) electrons. The minimum Gasteiger partial charge on any atom is -0.508 e. The van der Waals surface area contributed by atoms with E-state index in [-0.39, 0.29) is 11.3 Å². The third-order valence-corrected chi connectivity index (χ3v) is 3.18. The summed E-state index contributed by atoms with van der Waals surface area (Å²) in [7, 11) is 0.